The van der Waals surface area contributed by atoms with Gasteiger partial charge < -0.3 is 14.8 Å². The van der Waals surface area contributed by atoms with Crippen LogP contribution < -0.4 is 5.32 Å². The maximum Gasteiger partial charge on any atom is 0.274 e. The molecular formula is C24H30N4O3. The van der Waals surface area contributed by atoms with Gasteiger partial charge in [0.25, 0.3) is 5.91 Å². The zero-order valence-electron chi connectivity index (χ0n) is 18.6. The number of amides is 1. The molecule has 1 amide bonds. The van der Waals surface area contributed by atoms with E-state index in [-0.39, 0.29) is 5.91 Å². The van der Waals surface area contributed by atoms with Gasteiger partial charge in [0.05, 0.1) is 31.2 Å². The molecule has 7 nitrogen and oxygen atoms in total. The lowest BCUT2D eigenvalue weighted by atomic mass is 10.1. The summed E-state index contributed by atoms with van der Waals surface area (Å²) in [5, 5.41) is 11.8. The van der Waals surface area contributed by atoms with Gasteiger partial charge in [0, 0.05) is 13.2 Å². The number of nitrogens with one attached hydrogen (secondary N) is 1. The van der Waals surface area contributed by atoms with Crippen LogP contribution in [0.15, 0.2) is 42.5 Å². The van der Waals surface area contributed by atoms with Gasteiger partial charge in [0.1, 0.15) is 0 Å². The van der Waals surface area contributed by atoms with Crippen molar-refractivity contribution in [2.24, 2.45) is 0 Å². The van der Waals surface area contributed by atoms with Crippen molar-refractivity contribution >= 4 is 5.91 Å². The third kappa shape index (κ3) is 6.23. The fourth-order valence-corrected chi connectivity index (χ4v) is 3.27. The van der Waals surface area contributed by atoms with E-state index in [0.717, 1.165) is 22.4 Å². The number of carbonyl (C=O) groups is 1. The fraction of sp³-hybridized carbons (Fsp3) is 0.375. The molecule has 1 N–H and O–H groups in total. The van der Waals surface area contributed by atoms with Crippen molar-refractivity contribution in [1.29, 1.82) is 0 Å². The minimum absolute atomic E-state index is 0.244. The van der Waals surface area contributed by atoms with Gasteiger partial charge in [-0.25, -0.2) is 0 Å². The molecule has 1 heterocycles. The van der Waals surface area contributed by atoms with E-state index in [1.54, 1.807) is 6.92 Å². The van der Waals surface area contributed by atoms with Crippen LogP contribution in [-0.4, -0.2) is 40.7 Å². The molecule has 0 bridgehead atoms. The Morgan fingerprint density at radius 1 is 1.00 bits per heavy atom. The molecule has 1 aromatic heterocycles. The highest BCUT2D eigenvalue weighted by Gasteiger charge is 2.17. The van der Waals surface area contributed by atoms with Crippen molar-refractivity contribution in [2.45, 2.75) is 40.8 Å². The van der Waals surface area contributed by atoms with Gasteiger partial charge in [-0.05, 0) is 50.5 Å². The molecule has 0 saturated carbocycles. The quantitative estimate of drug-likeness (QED) is 0.504. The number of hydrogen-bond acceptors (Lipinski definition) is 5. The number of aryl methyl sites for hydroxylation is 3. The molecule has 0 atom stereocenters. The van der Waals surface area contributed by atoms with E-state index in [0.29, 0.717) is 44.4 Å². The van der Waals surface area contributed by atoms with Gasteiger partial charge in [-0.1, -0.05) is 42.0 Å². The van der Waals surface area contributed by atoms with Gasteiger partial charge in [0.2, 0.25) is 0 Å². The Bertz CT molecular complexity index is 1030. The molecule has 0 aliphatic heterocycles. The Kier molecular flexibility index (Phi) is 7.92. The number of hydrogen-bond donors (Lipinski definition) is 1. The van der Waals surface area contributed by atoms with Gasteiger partial charge in [0.15, 0.2) is 5.69 Å². The molecule has 0 radical (unpaired) electrons. The summed E-state index contributed by atoms with van der Waals surface area (Å²) < 4.78 is 10.9. The van der Waals surface area contributed by atoms with Crippen LogP contribution in [0.1, 0.15) is 45.4 Å². The van der Waals surface area contributed by atoms with Crippen molar-refractivity contribution in [3.63, 3.8) is 0 Å². The highest BCUT2D eigenvalue weighted by atomic mass is 16.5. The lowest BCUT2D eigenvalue weighted by Crippen LogP contribution is -2.24. The first-order valence-electron chi connectivity index (χ1n) is 10.5. The highest BCUT2D eigenvalue weighted by molar-refractivity contribution is 5.93. The summed E-state index contributed by atoms with van der Waals surface area (Å²) >= 11 is 0. The smallest absolute Gasteiger partial charge is 0.274 e. The maximum absolute atomic E-state index is 12.7. The average molecular weight is 423 g/mol. The van der Waals surface area contributed by atoms with Crippen LogP contribution in [0, 0.1) is 20.8 Å². The molecule has 7 heteroatoms. The summed E-state index contributed by atoms with van der Waals surface area (Å²) in [5.74, 6) is -0.244. The van der Waals surface area contributed by atoms with Crippen LogP contribution in [-0.2, 0) is 22.6 Å². The third-order valence-corrected chi connectivity index (χ3v) is 4.85. The zero-order valence-corrected chi connectivity index (χ0v) is 18.6. The second-order valence-corrected chi connectivity index (χ2v) is 7.47. The van der Waals surface area contributed by atoms with Crippen molar-refractivity contribution in [2.75, 3.05) is 19.8 Å². The normalized spacial score (nSPS) is 11.0. The molecule has 0 fully saturated rings. The first kappa shape index (κ1) is 22.7. The lowest BCUT2D eigenvalue weighted by Gasteiger charge is -2.08. The fourth-order valence-electron chi connectivity index (χ4n) is 3.27. The summed E-state index contributed by atoms with van der Waals surface area (Å²) in [5.41, 5.74) is 6.07. The minimum Gasteiger partial charge on any atom is -0.379 e. The topological polar surface area (TPSA) is 78.3 Å². The molecular weight excluding hydrogens is 392 g/mol. The monoisotopic (exact) mass is 422 g/mol. The molecule has 0 aliphatic carbocycles. The van der Waals surface area contributed by atoms with Crippen molar-refractivity contribution < 1.29 is 14.3 Å². The van der Waals surface area contributed by atoms with E-state index in [1.807, 2.05) is 57.2 Å². The summed E-state index contributed by atoms with van der Waals surface area (Å²) in [6.07, 6.45) is 0. The number of aromatic nitrogens is 3. The lowest BCUT2D eigenvalue weighted by molar-refractivity contribution is 0.0453. The molecule has 3 rings (SSSR count). The van der Waals surface area contributed by atoms with Crippen molar-refractivity contribution in [3.05, 3.63) is 76.1 Å². The Hall–Kier alpha value is -3.03. The standard InChI is InChI=1S/C24H30N4O3/c1-5-30-11-12-31-16-21-8-6-7-20(14-21)15-25-24(29)23-19(4)26-28(27-23)22-10-9-17(2)13-18(22)3/h6-10,13-14H,5,11-12,15-16H2,1-4H3,(H,25,29). The van der Waals surface area contributed by atoms with E-state index in [4.69, 9.17) is 9.47 Å². The van der Waals surface area contributed by atoms with E-state index in [2.05, 4.69) is 21.6 Å². The molecule has 164 valence electrons. The molecule has 3 aromatic rings. The Balaban J connectivity index is 1.60. The zero-order chi connectivity index (χ0) is 22.2. The van der Waals surface area contributed by atoms with E-state index in [9.17, 15) is 4.79 Å². The molecule has 0 saturated heterocycles. The Morgan fingerprint density at radius 3 is 2.55 bits per heavy atom. The van der Waals surface area contributed by atoms with E-state index in [1.165, 1.54) is 10.4 Å². The first-order chi connectivity index (χ1) is 15.0. The van der Waals surface area contributed by atoms with Gasteiger partial charge >= 0.3 is 0 Å². The summed E-state index contributed by atoms with van der Waals surface area (Å²) in [4.78, 5) is 14.2. The second-order valence-electron chi connectivity index (χ2n) is 7.47. The van der Waals surface area contributed by atoms with E-state index >= 15 is 0 Å². The predicted octanol–water partition coefficient (Wildman–Crippen LogP) is 3.68. The van der Waals surface area contributed by atoms with Crippen molar-refractivity contribution in [1.82, 2.24) is 20.3 Å². The van der Waals surface area contributed by atoms with Crippen LogP contribution in [0.2, 0.25) is 0 Å². The molecule has 2 aromatic carbocycles. The summed E-state index contributed by atoms with van der Waals surface area (Å²) in [6.45, 7) is 10.6. The largest absolute Gasteiger partial charge is 0.379 e. The number of rotatable bonds is 10. The summed E-state index contributed by atoms with van der Waals surface area (Å²) in [7, 11) is 0. The van der Waals surface area contributed by atoms with Gasteiger partial charge in [-0.2, -0.15) is 9.90 Å². The summed E-state index contributed by atoms with van der Waals surface area (Å²) in [6, 6.07) is 14.0. The van der Waals surface area contributed by atoms with Gasteiger partial charge in [-0.3, -0.25) is 4.79 Å². The molecule has 0 aliphatic rings. The Morgan fingerprint density at radius 2 is 1.77 bits per heavy atom. The van der Waals surface area contributed by atoms with Gasteiger partial charge in [-0.15, -0.1) is 5.10 Å². The van der Waals surface area contributed by atoms with Crippen LogP contribution in [0.4, 0.5) is 0 Å². The van der Waals surface area contributed by atoms with Crippen LogP contribution >= 0.6 is 0 Å². The molecule has 0 spiro atoms. The van der Waals surface area contributed by atoms with Crippen LogP contribution in [0.3, 0.4) is 0 Å². The predicted molar refractivity (Wildman–Crippen MR) is 119 cm³/mol. The number of nitrogens with zero attached hydrogens (tertiary/aromatic N) is 3. The first-order valence-corrected chi connectivity index (χ1v) is 10.5. The number of benzene rings is 2. The van der Waals surface area contributed by atoms with Crippen LogP contribution in [0.5, 0.6) is 0 Å². The second kappa shape index (κ2) is 10.8. The number of carbonyl (C=O) groups excluding carboxylic acids is 1. The Labute approximate surface area is 183 Å². The average Bonchev–Trinajstić information content (AvgIpc) is 3.13. The van der Waals surface area contributed by atoms with Crippen molar-refractivity contribution in [3.8, 4) is 5.69 Å². The highest BCUT2D eigenvalue weighted by Crippen LogP contribution is 2.15. The SMILES string of the molecule is CCOCCOCc1cccc(CNC(=O)c2nn(-c3ccc(C)cc3C)nc2C)c1. The van der Waals surface area contributed by atoms with Crippen LogP contribution in [0.25, 0.3) is 5.69 Å². The van der Waals surface area contributed by atoms with E-state index < -0.39 is 0 Å². The molecule has 31 heavy (non-hydrogen) atoms. The third-order valence-electron chi connectivity index (χ3n) is 4.85. The number of ether oxygens (including phenoxy) is 2. The minimum atomic E-state index is -0.244. The maximum atomic E-state index is 12.7. The molecule has 0 unspecified atom stereocenters.